The van der Waals surface area contributed by atoms with Gasteiger partial charge in [-0.1, -0.05) is 0 Å². The summed E-state index contributed by atoms with van der Waals surface area (Å²) in [5.41, 5.74) is 5.78. The molecule has 2 amide bonds. The van der Waals surface area contributed by atoms with E-state index in [-0.39, 0.29) is 12.1 Å². The topological polar surface area (TPSA) is 86.9 Å². The molecule has 0 aliphatic carbocycles. The van der Waals surface area contributed by atoms with E-state index >= 15 is 0 Å². The minimum absolute atomic E-state index is 0.158. The Kier molecular flexibility index (Phi) is 3.78. The van der Waals surface area contributed by atoms with Crippen LogP contribution in [0.15, 0.2) is 0 Å². The highest BCUT2D eigenvalue weighted by molar-refractivity contribution is 7.99. The summed E-state index contributed by atoms with van der Waals surface area (Å²) in [5.74, 6) is 0.0318. The lowest BCUT2D eigenvalue weighted by Gasteiger charge is -2.34. The average molecular weight is 259 g/mol. The van der Waals surface area contributed by atoms with Gasteiger partial charge in [-0.25, -0.2) is 9.59 Å². The van der Waals surface area contributed by atoms with E-state index in [4.69, 9.17) is 10.8 Å². The molecule has 6 nitrogen and oxygen atoms in total. The molecule has 2 fully saturated rings. The summed E-state index contributed by atoms with van der Waals surface area (Å²) in [4.78, 5) is 26.3. The Morgan fingerprint density at radius 2 is 1.94 bits per heavy atom. The van der Waals surface area contributed by atoms with E-state index in [0.29, 0.717) is 24.7 Å². The first-order valence-corrected chi connectivity index (χ1v) is 6.86. The molecule has 0 aromatic heterocycles. The van der Waals surface area contributed by atoms with Crippen LogP contribution in [-0.2, 0) is 4.79 Å². The molecule has 96 valence electrons. The maximum atomic E-state index is 12.2. The molecule has 17 heavy (non-hydrogen) atoms. The van der Waals surface area contributed by atoms with Crippen molar-refractivity contribution in [2.45, 2.75) is 24.9 Å². The van der Waals surface area contributed by atoms with Crippen LogP contribution >= 0.6 is 11.8 Å². The molecule has 2 rings (SSSR count). The lowest BCUT2D eigenvalue weighted by molar-refractivity contribution is -0.141. The van der Waals surface area contributed by atoms with Crippen LogP contribution in [0.1, 0.15) is 12.8 Å². The van der Waals surface area contributed by atoms with Crippen molar-refractivity contribution in [3.63, 3.8) is 0 Å². The number of carboxylic acids is 1. The van der Waals surface area contributed by atoms with Crippen molar-refractivity contribution in [3.8, 4) is 0 Å². The number of nitrogens with two attached hydrogens (primary N) is 1. The molecule has 2 heterocycles. The van der Waals surface area contributed by atoms with Gasteiger partial charge in [0.25, 0.3) is 0 Å². The van der Waals surface area contributed by atoms with E-state index in [1.54, 1.807) is 4.90 Å². The van der Waals surface area contributed by atoms with Gasteiger partial charge in [0.05, 0.1) is 5.88 Å². The minimum Gasteiger partial charge on any atom is -0.480 e. The van der Waals surface area contributed by atoms with Gasteiger partial charge in [0.15, 0.2) is 0 Å². The predicted molar refractivity (Wildman–Crippen MR) is 64.8 cm³/mol. The number of piperidine rings is 1. The molecule has 1 unspecified atom stereocenters. The second kappa shape index (κ2) is 5.14. The number of hydrogen-bond donors (Lipinski definition) is 2. The summed E-state index contributed by atoms with van der Waals surface area (Å²) in [7, 11) is 0. The number of hydrogen-bond acceptors (Lipinski definition) is 4. The summed E-state index contributed by atoms with van der Waals surface area (Å²) in [6.07, 6.45) is 1.59. The molecule has 2 aliphatic rings. The fraction of sp³-hybridized carbons (Fsp3) is 0.800. The number of carbonyl (C=O) groups is 2. The second-order valence-corrected chi connectivity index (χ2v) is 5.43. The predicted octanol–water partition coefficient (Wildman–Crippen LogP) is -0.0110. The quantitative estimate of drug-likeness (QED) is 0.691. The standard InChI is InChI=1S/C10H17N3O3S/c11-7-1-3-12(4-2-7)10(16)13-6-17-5-8(13)9(14)15/h7-8H,1-6,11H2,(H,14,15). The Labute approximate surface area is 104 Å². The van der Waals surface area contributed by atoms with Crippen LogP contribution in [0.5, 0.6) is 0 Å². The van der Waals surface area contributed by atoms with Crippen LogP contribution < -0.4 is 5.73 Å². The average Bonchev–Trinajstić information content (AvgIpc) is 2.78. The molecule has 0 saturated carbocycles. The third kappa shape index (κ3) is 2.66. The molecule has 0 spiro atoms. The van der Waals surface area contributed by atoms with Crippen LogP contribution in [0.2, 0.25) is 0 Å². The summed E-state index contributed by atoms with van der Waals surface area (Å²) in [6, 6.07) is -0.667. The van der Waals surface area contributed by atoms with Gasteiger partial charge in [-0.15, -0.1) is 11.8 Å². The fourth-order valence-corrected chi connectivity index (χ4v) is 3.25. The van der Waals surface area contributed by atoms with Gasteiger partial charge in [-0.3, -0.25) is 0 Å². The van der Waals surface area contributed by atoms with Gasteiger partial charge in [-0.2, -0.15) is 0 Å². The van der Waals surface area contributed by atoms with Crippen molar-refractivity contribution in [2.75, 3.05) is 24.7 Å². The smallest absolute Gasteiger partial charge is 0.327 e. The fourth-order valence-electron chi connectivity index (χ4n) is 2.11. The highest BCUT2D eigenvalue weighted by atomic mass is 32.2. The van der Waals surface area contributed by atoms with Crippen molar-refractivity contribution in [1.82, 2.24) is 9.80 Å². The third-order valence-electron chi connectivity index (χ3n) is 3.22. The molecule has 0 radical (unpaired) electrons. The van der Waals surface area contributed by atoms with Gasteiger partial charge < -0.3 is 20.6 Å². The summed E-state index contributed by atoms with van der Waals surface area (Å²) in [5, 5.41) is 9.03. The summed E-state index contributed by atoms with van der Waals surface area (Å²) < 4.78 is 0. The van der Waals surface area contributed by atoms with Crippen LogP contribution in [0.4, 0.5) is 4.79 Å². The van der Waals surface area contributed by atoms with Crippen molar-refractivity contribution in [2.24, 2.45) is 5.73 Å². The SMILES string of the molecule is NC1CCN(C(=O)N2CSCC2C(=O)O)CC1. The second-order valence-electron chi connectivity index (χ2n) is 4.43. The molecule has 0 aromatic carbocycles. The zero-order chi connectivity index (χ0) is 12.4. The van der Waals surface area contributed by atoms with Gasteiger partial charge in [0.1, 0.15) is 6.04 Å². The highest BCUT2D eigenvalue weighted by Crippen LogP contribution is 2.23. The van der Waals surface area contributed by atoms with E-state index in [1.807, 2.05) is 0 Å². The molecular formula is C10H17N3O3S. The lowest BCUT2D eigenvalue weighted by Crippen LogP contribution is -2.52. The zero-order valence-corrected chi connectivity index (χ0v) is 10.4. The number of rotatable bonds is 1. The maximum absolute atomic E-state index is 12.2. The van der Waals surface area contributed by atoms with Gasteiger partial charge >= 0.3 is 12.0 Å². The first-order chi connectivity index (χ1) is 8.09. The summed E-state index contributed by atoms with van der Waals surface area (Å²) in [6.45, 7) is 1.26. The lowest BCUT2D eigenvalue weighted by atomic mass is 10.1. The Hall–Kier alpha value is -0.950. The molecule has 0 bridgehead atoms. The van der Waals surface area contributed by atoms with Crippen LogP contribution in [0.25, 0.3) is 0 Å². The van der Waals surface area contributed by atoms with Gasteiger partial charge in [0.2, 0.25) is 0 Å². The van der Waals surface area contributed by atoms with E-state index in [2.05, 4.69) is 0 Å². The molecule has 3 N–H and O–H groups in total. The number of urea groups is 1. The first kappa shape index (κ1) is 12.5. The first-order valence-electron chi connectivity index (χ1n) is 5.71. The number of carbonyl (C=O) groups excluding carboxylic acids is 1. The molecule has 2 aliphatic heterocycles. The van der Waals surface area contributed by atoms with Crippen molar-refractivity contribution < 1.29 is 14.7 Å². The highest BCUT2D eigenvalue weighted by Gasteiger charge is 2.37. The molecule has 7 heteroatoms. The number of amides is 2. The van der Waals surface area contributed by atoms with Crippen LogP contribution in [0, 0.1) is 0 Å². The zero-order valence-electron chi connectivity index (χ0n) is 9.54. The molecule has 2 saturated heterocycles. The number of aliphatic carboxylic acids is 1. The minimum atomic E-state index is -0.919. The molecule has 0 aromatic rings. The van der Waals surface area contributed by atoms with Crippen molar-refractivity contribution in [1.29, 1.82) is 0 Å². The molecule has 1 atom stereocenters. The van der Waals surface area contributed by atoms with Crippen LogP contribution in [-0.4, -0.2) is 63.7 Å². The van der Waals surface area contributed by atoms with Crippen LogP contribution in [0.3, 0.4) is 0 Å². The number of thioether (sulfide) groups is 1. The Morgan fingerprint density at radius 3 is 2.53 bits per heavy atom. The number of carboxylic acid groups (broad SMARTS) is 1. The number of nitrogens with zero attached hydrogens (tertiary/aromatic N) is 2. The van der Waals surface area contributed by atoms with E-state index in [0.717, 1.165) is 12.8 Å². The molecular weight excluding hydrogens is 242 g/mol. The Balaban J connectivity index is 1.97. The normalized spacial score (nSPS) is 26.3. The van der Waals surface area contributed by atoms with Gasteiger partial charge in [-0.05, 0) is 12.8 Å². The van der Waals surface area contributed by atoms with Gasteiger partial charge in [0, 0.05) is 24.9 Å². The summed E-state index contributed by atoms with van der Waals surface area (Å²) >= 11 is 1.48. The van der Waals surface area contributed by atoms with E-state index in [9.17, 15) is 9.59 Å². The van der Waals surface area contributed by atoms with Crippen molar-refractivity contribution in [3.05, 3.63) is 0 Å². The monoisotopic (exact) mass is 259 g/mol. The Bertz CT molecular complexity index is 318. The van der Waals surface area contributed by atoms with E-state index < -0.39 is 12.0 Å². The van der Waals surface area contributed by atoms with E-state index in [1.165, 1.54) is 16.7 Å². The number of likely N-dealkylation sites (tertiary alicyclic amines) is 1. The third-order valence-corrected chi connectivity index (χ3v) is 4.24. The van der Waals surface area contributed by atoms with Crippen molar-refractivity contribution >= 4 is 23.8 Å². The maximum Gasteiger partial charge on any atom is 0.327 e. The Morgan fingerprint density at radius 1 is 1.29 bits per heavy atom. The largest absolute Gasteiger partial charge is 0.480 e.